The number of nitrogens with zero attached hydrogens (tertiary/aromatic N) is 4. The topological polar surface area (TPSA) is 60.6 Å². The van der Waals surface area contributed by atoms with E-state index >= 15 is 0 Å². The Kier molecular flexibility index (Phi) is 1.84. The van der Waals surface area contributed by atoms with Crippen LogP contribution in [0.5, 0.6) is 0 Å². The van der Waals surface area contributed by atoms with Crippen molar-refractivity contribution in [2.24, 2.45) is 10.4 Å². The molecule has 5 nitrogen and oxygen atoms in total. The van der Waals surface area contributed by atoms with Crippen LogP contribution in [0.4, 0.5) is 5.82 Å². The number of nitrogen functional groups attached to an aromatic ring is 1. The number of nitrogens with two attached hydrogens (primary N) is 1. The molecule has 0 unspecified atom stereocenters. The fourth-order valence-electron chi connectivity index (χ4n) is 0.941. The second-order valence-electron chi connectivity index (χ2n) is 2.52. The van der Waals surface area contributed by atoms with Gasteiger partial charge in [-0.25, -0.2) is 9.35 Å². The van der Waals surface area contributed by atoms with Crippen molar-refractivity contribution in [1.29, 1.82) is 0 Å². The monoisotopic (exact) mass is 175 g/mol. The first kappa shape index (κ1) is 7.60. The summed E-state index contributed by atoms with van der Waals surface area (Å²) in [5, 5.41) is 7.78. The molecule has 5 heteroatoms. The minimum absolute atomic E-state index is 0.566. The van der Waals surface area contributed by atoms with Crippen LogP contribution in [-0.2, 0) is 0 Å². The quantitative estimate of drug-likeness (QED) is 0.691. The summed E-state index contributed by atoms with van der Waals surface area (Å²) in [5.74, 6) is 0.566. The first-order valence-electron chi connectivity index (χ1n) is 3.84. The van der Waals surface area contributed by atoms with E-state index in [0.717, 1.165) is 0 Å². The van der Waals surface area contributed by atoms with Gasteiger partial charge < -0.3 is 5.73 Å². The first-order valence-corrected chi connectivity index (χ1v) is 3.84. The first-order chi connectivity index (χ1) is 6.36. The summed E-state index contributed by atoms with van der Waals surface area (Å²) >= 11 is 0. The molecule has 2 rings (SSSR count). The van der Waals surface area contributed by atoms with E-state index in [4.69, 9.17) is 5.73 Å². The highest BCUT2D eigenvalue weighted by Gasteiger charge is 1.90. The van der Waals surface area contributed by atoms with Gasteiger partial charge in [0.15, 0.2) is 0 Å². The smallest absolute Gasteiger partial charge is 0.126 e. The standard InChI is InChI=1S/C8H9N5/c9-8-4-3-7-13(8)11-10-12-5-1-2-6-12/h1-7H,9H2/b11-10+. The molecule has 2 heterocycles. The molecule has 0 radical (unpaired) electrons. The Morgan fingerprint density at radius 2 is 1.77 bits per heavy atom. The summed E-state index contributed by atoms with van der Waals surface area (Å²) in [6.07, 6.45) is 5.33. The van der Waals surface area contributed by atoms with Crippen molar-refractivity contribution in [3.63, 3.8) is 0 Å². The Hall–Kier alpha value is -2.04. The molecule has 0 atom stereocenters. The lowest BCUT2D eigenvalue weighted by Gasteiger charge is -1.94. The van der Waals surface area contributed by atoms with Crippen molar-refractivity contribution in [1.82, 2.24) is 9.35 Å². The summed E-state index contributed by atoms with van der Waals surface area (Å²) in [6, 6.07) is 7.31. The maximum Gasteiger partial charge on any atom is 0.126 e. The predicted octanol–water partition coefficient (Wildman–Crippen LogP) is 1.55. The summed E-state index contributed by atoms with van der Waals surface area (Å²) in [5.41, 5.74) is 5.58. The van der Waals surface area contributed by atoms with E-state index in [1.54, 1.807) is 29.3 Å². The number of aromatic nitrogens is 2. The lowest BCUT2D eigenvalue weighted by Crippen LogP contribution is -1.94. The maximum absolute atomic E-state index is 5.58. The van der Waals surface area contributed by atoms with Crippen molar-refractivity contribution in [3.8, 4) is 0 Å². The highest BCUT2D eigenvalue weighted by molar-refractivity contribution is 5.29. The van der Waals surface area contributed by atoms with Crippen molar-refractivity contribution in [3.05, 3.63) is 42.9 Å². The summed E-state index contributed by atoms with van der Waals surface area (Å²) in [7, 11) is 0. The molecule has 13 heavy (non-hydrogen) atoms. The molecule has 0 spiro atoms. The van der Waals surface area contributed by atoms with Crippen LogP contribution >= 0.6 is 0 Å². The largest absolute Gasteiger partial charge is 0.384 e. The zero-order valence-electron chi connectivity index (χ0n) is 6.91. The van der Waals surface area contributed by atoms with Gasteiger partial charge >= 0.3 is 0 Å². The molecule has 0 aliphatic rings. The van der Waals surface area contributed by atoms with Crippen LogP contribution in [0.1, 0.15) is 0 Å². The maximum atomic E-state index is 5.58. The van der Waals surface area contributed by atoms with Crippen LogP contribution in [0.15, 0.2) is 53.3 Å². The molecule has 0 amide bonds. The molecule has 0 fully saturated rings. The van der Waals surface area contributed by atoms with E-state index in [1.807, 2.05) is 18.2 Å². The molecule has 2 aromatic heterocycles. The van der Waals surface area contributed by atoms with Crippen LogP contribution in [0.25, 0.3) is 0 Å². The lowest BCUT2D eigenvalue weighted by atomic mass is 10.6. The molecule has 0 saturated heterocycles. The second-order valence-corrected chi connectivity index (χ2v) is 2.52. The molecule has 66 valence electrons. The van der Waals surface area contributed by atoms with Crippen LogP contribution in [-0.4, -0.2) is 9.35 Å². The number of hydrogen-bond acceptors (Lipinski definition) is 3. The minimum atomic E-state index is 0.566. The van der Waals surface area contributed by atoms with Crippen molar-refractivity contribution < 1.29 is 0 Å². The second kappa shape index (κ2) is 3.14. The van der Waals surface area contributed by atoms with Gasteiger partial charge in [0.2, 0.25) is 0 Å². The molecular formula is C8H9N5. The van der Waals surface area contributed by atoms with Gasteiger partial charge in [-0.1, -0.05) is 0 Å². The fraction of sp³-hybridized carbons (Fsp3) is 0. The van der Waals surface area contributed by atoms with Crippen molar-refractivity contribution in [2.45, 2.75) is 0 Å². The third kappa shape index (κ3) is 1.58. The Balaban J connectivity index is 2.19. The molecular weight excluding hydrogens is 166 g/mol. The Morgan fingerprint density at radius 1 is 1.00 bits per heavy atom. The third-order valence-electron chi connectivity index (χ3n) is 1.59. The molecule has 2 aromatic rings. The van der Waals surface area contributed by atoms with Gasteiger partial charge in [0.05, 0.1) is 0 Å². The molecule has 0 aromatic carbocycles. The zero-order valence-corrected chi connectivity index (χ0v) is 6.91. The number of anilines is 1. The third-order valence-corrected chi connectivity index (χ3v) is 1.59. The summed E-state index contributed by atoms with van der Waals surface area (Å²) < 4.78 is 3.10. The van der Waals surface area contributed by atoms with Gasteiger partial charge in [-0.05, 0) is 34.7 Å². The normalized spacial score (nSPS) is 11.1. The van der Waals surface area contributed by atoms with Gasteiger partial charge in [-0.3, -0.25) is 0 Å². The molecule has 2 N–H and O–H groups in total. The summed E-state index contributed by atoms with van der Waals surface area (Å²) in [4.78, 5) is 0. The lowest BCUT2D eigenvalue weighted by molar-refractivity contribution is 0.697. The van der Waals surface area contributed by atoms with E-state index in [2.05, 4.69) is 10.4 Å². The SMILES string of the molecule is Nc1cccn1/N=N/n1cccc1. The van der Waals surface area contributed by atoms with Crippen LogP contribution in [0, 0.1) is 0 Å². The van der Waals surface area contributed by atoms with Crippen LogP contribution in [0.3, 0.4) is 0 Å². The van der Waals surface area contributed by atoms with E-state index in [9.17, 15) is 0 Å². The minimum Gasteiger partial charge on any atom is -0.384 e. The Labute approximate surface area is 75.1 Å². The predicted molar refractivity (Wildman–Crippen MR) is 48.9 cm³/mol. The van der Waals surface area contributed by atoms with Crippen molar-refractivity contribution in [2.75, 3.05) is 5.73 Å². The van der Waals surface area contributed by atoms with Crippen molar-refractivity contribution >= 4 is 5.82 Å². The van der Waals surface area contributed by atoms with E-state index in [-0.39, 0.29) is 0 Å². The number of hydrogen-bond donors (Lipinski definition) is 1. The highest BCUT2D eigenvalue weighted by Crippen LogP contribution is 2.03. The van der Waals surface area contributed by atoms with Gasteiger partial charge in [0.25, 0.3) is 0 Å². The molecule has 0 bridgehead atoms. The van der Waals surface area contributed by atoms with Gasteiger partial charge in [-0.15, -0.1) is 0 Å². The molecule has 0 aliphatic heterocycles. The van der Waals surface area contributed by atoms with Gasteiger partial charge in [0, 0.05) is 18.6 Å². The van der Waals surface area contributed by atoms with Gasteiger partial charge in [-0.2, -0.15) is 0 Å². The van der Waals surface area contributed by atoms with Gasteiger partial charge in [0.1, 0.15) is 5.82 Å². The van der Waals surface area contributed by atoms with E-state index in [1.165, 1.54) is 4.68 Å². The summed E-state index contributed by atoms with van der Waals surface area (Å²) in [6.45, 7) is 0. The number of rotatable bonds is 2. The highest BCUT2D eigenvalue weighted by atomic mass is 15.6. The zero-order chi connectivity index (χ0) is 9.10. The van der Waals surface area contributed by atoms with E-state index in [0.29, 0.717) is 5.82 Å². The average molecular weight is 175 g/mol. The van der Waals surface area contributed by atoms with Crippen LogP contribution < -0.4 is 5.73 Å². The molecule has 0 aliphatic carbocycles. The van der Waals surface area contributed by atoms with E-state index < -0.39 is 0 Å². The molecule has 0 saturated carbocycles. The fourth-order valence-corrected chi connectivity index (χ4v) is 0.941. The Morgan fingerprint density at radius 3 is 2.38 bits per heavy atom. The van der Waals surface area contributed by atoms with Crippen LogP contribution in [0.2, 0.25) is 0 Å². The Bertz CT molecular complexity index is 398. The average Bonchev–Trinajstić information content (AvgIpc) is 2.72.